The Hall–Kier alpha value is -2.22. The molecule has 1 saturated carbocycles. The van der Waals surface area contributed by atoms with Gasteiger partial charge in [-0.1, -0.05) is 0 Å². The first-order valence-corrected chi connectivity index (χ1v) is 5.67. The molecule has 0 saturated heterocycles. The maximum absolute atomic E-state index is 9.22. The molecular formula is C10H13N7O. The van der Waals surface area contributed by atoms with Crippen molar-refractivity contribution in [3.63, 3.8) is 0 Å². The fourth-order valence-corrected chi connectivity index (χ4v) is 1.82. The first-order valence-electron chi connectivity index (χ1n) is 5.67. The van der Waals surface area contributed by atoms with Crippen LogP contribution >= 0.6 is 0 Å². The number of aliphatic hydroxyl groups is 1. The number of anilines is 2. The van der Waals surface area contributed by atoms with Crippen LogP contribution in [0.25, 0.3) is 5.95 Å². The molecule has 4 N–H and O–H groups in total. The molecular weight excluding hydrogens is 234 g/mol. The molecule has 3 rings (SSSR count). The summed E-state index contributed by atoms with van der Waals surface area (Å²) in [5.74, 6) is 0.914. The van der Waals surface area contributed by atoms with Gasteiger partial charge >= 0.3 is 0 Å². The number of nitrogens with two attached hydrogens (primary N) is 1. The number of hydrogen-bond donors (Lipinski definition) is 3. The van der Waals surface area contributed by atoms with Crippen molar-refractivity contribution in [1.29, 1.82) is 0 Å². The van der Waals surface area contributed by atoms with Crippen LogP contribution in [0.1, 0.15) is 12.8 Å². The van der Waals surface area contributed by atoms with Gasteiger partial charge in [0.15, 0.2) is 0 Å². The molecule has 8 nitrogen and oxygen atoms in total. The van der Waals surface area contributed by atoms with Crippen molar-refractivity contribution < 1.29 is 5.11 Å². The van der Waals surface area contributed by atoms with E-state index < -0.39 is 0 Å². The van der Waals surface area contributed by atoms with Gasteiger partial charge in [-0.25, -0.2) is 4.68 Å². The van der Waals surface area contributed by atoms with E-state index in [1.807, 2.05) is 0 Å². The summed E-state index contributed by atoms with van der Waals surface area (Å²) in [5.41, 5.74) is 5.64. The van der Waals surface area contributed by atoms with Gasteiger partial charge < -0.3 is 16.2 Å². The number of aliphatic hydroxyl groups excluding tert-OH is 1. The normalized spacial score (nSPS) is 22.5. The highest BCUT2D eigenvalue weighted by Crippen LogP contribution is 2.22. The molecule has 0 spiro atoms. The van der Waals surface area contributed by atoms with Gasteiger partial charge in [-0.3, -0.25) is 0 Å². The van der Waals surface area contributed by atoms with Crippen molar-refractivity contribution in [3.05, 3.63) is 18.5 Å². The standard InChI is InChI=1S/C10H13N7O/c11-8-14-9(13-6-4-7(18)5-6)16-10(15-8)17-3-1-2-12-17/h1-3,6-7,18H,4-5H2,(H3,11,13,14,15,16). The molecule has 0 bridgehead atoms. The summed E-state index contributed by atoms with van der Waals surface area (Å²) in [5, 5.41) is 16.4. The van der Waals surface area contributed by atoms with Crippen LogP contribution < -0.4 is 11.1 Å². The van der Waals surface area contributed by atoms with Crippen LogP contribution in [-0.4, -0.2) is 42.0 Å². The van der Waals surface area contributed by atoms with Crippen LogP contribution in [0, 0.1) is 0 Å². The number of nitrogens with one attached hydrogen (secondary N) is 1. The Bertz CT molecular complexity index is 535. The molecule has 0 radical (unpaired) electrons. The Morgan fingerprint density at radius 3 is 2.83 bits per heavy atom. The molecule has 0 unspecified atom stereocenters. The largest absolute Gasteiger partial charge is 0.393 e. The van der Waals surface area contributed by atoms with E-state index in [0.717, 1.165) is 0 Å². The second-order valence-electron chi connectivity index (χ2n) is 4.23. The summed E-state index contributed by atoms with van der Waals surface area (Å²) in [4.78, 5) is 12.2. The van der Waals surface area contributed by atoms with Gasteiger partial charge in [0.25, 0.3) is 5.95 Å². The van der Waals surface area contributed by atoms with E-state index >= 15 is 0 Å². The summed E-state index contributed by atoms with van der Waals surface area (Å²) in [6, 6.07) is 1.96. The SMILES string of the molecule is Nc1nc(NC2CC(O)C2)nc(-n2cccn2)n1. The number of aromatic nitrogens is 5. The third-order valence-electron chi connectivity index (χ3n) is 2.80. The zero-order valence-electron chi connectivity index (χ0n) is 9.56. The van der Waals surface area contributed by atoms with Gasteiger partial charge in [-0.15, -0.1) is 0 Å². The van der Waals surface area contributed by atoms with Crippen LogP contribution in [0.4, 0.5) is 11.9 Å². The minimum atomic E-state index is -0.229. The first-order chi connectivity index (χ1) is 8.70. The Morgan fingerprint density at radius 2 is 2.17 bits per heavy atom. The van der Waals surface area contributed by atoms with Gasteiger partial charge in [0, 0.05) is 18.4 Å². The van der Waals surface area contributed by atoms with E-state index in [1.54, 1.807) is 18.5 Å². The summed E-state index contributed by atoms with van der Waals surface area (Å²) in [6.45, 7) is 0. The molecule has 2 aromatic rings. The van der Waals surface area contributed by atoms with Gasteiger partial charge in [0.1, 0.15) is 0 Å². The number of nitrogens with zero attached hydrogens (tertiary/aromatic N) is 5. The van der Waals surface area contributed by atoms with Crippen LogP contribution in [0.5, 0.6) is 0 Å². The number of nitrogen functional groups attached to an aromatic ring is 1. The number of hydrogen-bond acceptors (Lipinski definition) is 7. The molecule has 8 heteroatoms. The third kappa shape index (κ3) is 2.09. The monoisotopic (exact) mass is 247 g/mol. The molecule has 2 aromatic heterocycles. The highest BCUT2D eigenvalue weighted by Gasteiger charge is 2.27. The Balaban J connectivity index is 1.82. The smallest absolute Gasteiger partial charge is 0.257 e. The van der Waals surface area contributed by atoms with Crippen molar-refractivity contribution in [1.82, 2.24) is 24.7 Å². The van der Waals surface area contributed by atoms with E-state index in [2.05, 4.69) is 25.4 Å². The minimum Gasteiger partial charge on any atom is -0.393 e. The minimum absolute atomic E-state index is 0.137. The zero-order valence-corrected chi connectivity index (χ0v) is 9.56. The first kappa shape index (κ1) is 10.9. The Morgan fingerprint density at radius 1 is 1.33 bits per heavy atom. The van der Waals surface area contributed by atoms with Crippen molar-refractivity contribution >= 4 is 11.9 Å². The van der Waals surface area contributed by atoms with Crippen LogP contribution in [-0.2, 0) is 0 Å². The molecule has 1 aliphatic rings. The molecule has 2 heterocycles. The fourth-order valence-electron chi connectivity index (χ4n) is 1.82. The zero-order chi connectivity index (χ0) is 12.5. The van der Waals surface area contributed by atoms with Gasteiger partial charge in [-0.05, 0) is 18.9 Å². The molecule has 0 aliphatic heterocycles. The number of rotatable bonds is 3. The summed E-state index contributed by atoms with van der Waals surface area (Å²) in [6.07, 6.45) is 4.53. The van der Waals surface area contributed by atoms with Crippen LogP contribution in [0.15, 0.2) is 18.5 Å². The molecule has 0 aromatic carbocycles. The summed E-state index contributed by atoms with van der Waals surface area (Å²) in [7, 11) is 0. The molecule has 94 valence electrons. The van der Waals surface area contributed by atoms with E-state index in [9.17, 15) is 5.11 Å². The van der Waals surface area contributed by atoms with Gasteiger partial charge in [0.2, 0.25) is 11.9 Å². The van der Waals surface area contributed by atoms with Gasteiger partial charge in [0.05, 0.1) is 6.10 Å². The lowest BCUT2D eigenvalue weighted by Crippen LogP contribution is -2.39. The maximum atomic E-state index is 9.22. The third-order valence-corrected chi connectivity index (χ3v) is 2.80. The molecule has 0 amide bonds. The van der Waals surface area contributed by atoms with Crippen molar-refractivity contribution in [2.45, 2.75) is 25.0 Å². The molecule has 1 aliphatic carbocycles. The average molecular weight is 247 g/mol. The Kier molecular flexibility index (Phi) is 2.56. The highest BCUT2D eigenvalue weighted by atomic mass is 16.3. The summed E-state index contributed by atoms with van der Waals surface area (Å²) >= 11 is 0. The lowest BCUT2D eigenvalue weighted by Gasteiger charge is -2.31. The average Bonchev–Trinajstić information content (AvgIpc) is 2.79. The Labute approximate surface area is 103 Å². The highest BCUT2D eigenvalue weighted by molar-refractivity contribution is 5.36. The second kappa shape index (κ2) is 4.22. The fraction of sp³-hybridized carbons (Fsp3) is 0.400. The van der Waals surface area contributed by atoms with E-state index in [4.69, 9.17) is 5.73 Å². The van der Waals surface area contributed by atoms with Crippen molar-refractivity contribution in [2.24, 2.45) is 0 Å². The van der Waals surface area contributed by atoms with Gasteiger partial charge in [-0.2, -0.15) is 20.1 Å². The predicted molar refractivity (Wildman–Crippen MR) is 64.0 cm³/mol. The molecule has 18 heavy (non-hydrogen) atoms. The van der Waals surface area contributed by atoms with E-state index in [0.29, 0.717) is 24.7 Å². The quantitative estimate of drug-likeness (QED) is 0.674. The molecule has 1 fully saturated rings. The topological polar surface area (TPSA) is 115 Å². The van der Waals surface area contributed by atoms with E-state index in [-0.39, 0.29) is 18.1 Å². The second-order valence-corrected chi connectivity index (χ2v) is 4.23. The molecule has 0 atom stereocenters. The van der Waals surface area contributed by atoms with Crippen molar-refractivity contribution in [2.75, 3.05) is 11.1 Å². The summed E-state index contributed by atoms with van der Waals surface area (Å²) < 4.78 is 1.51. The maximum Gasteiger partial charge on any atom is 0.257 e. The predicted octanol–water partition coefficient (Wildman–Crippen LogP) is -0.425. The van der Waals surface area contributed by atoms with Crippen molar-refractivity contribution in [3.8, 4) is 5.95 Å². The van der Waals surface area contributed by atoms with E-state index in [1.165, 1.54) is 4.68 Å². The lowest BCUT2D eigenvalue weighted by molar-refractivity contribution is 0.0834. The van der Waals surface area contributed by atoms with Crippen LogP contribution in [0.3, 0.4) is 0 Å². The van der Waals surface area contributed by atoms with Crippen LogP contribution in [0.2, 0.25) is 0 Å². The lowest BCUT2D eigenvalue weighted by atomic mass is 9.90.